The van der Waals surface area contributed by atoms with Crippen LogP contribution in [0.2, 0.25) is 0 Å². The van der Waals surface area contributed by atoms with Crippen LogP contribution in [0.5, 0.6) is 0 Å². The molecule has 1 nitrogen and oxygen atoms in total. The van der Waals surface area contributed by atoms with Gasteiger partial charge in [0.05, 0.1) is 6.54 Å². The summed E-state index contributed by atoms with van der Waals surface area (Å²) < 4.78 is 0. The van der Waals surface area contributed by atoms with Crippen LogP contribution in [0.1, 0.15) is 31.9 Å². The molecule has 0 aromatic heterocycles. The van der Waals surface area contributed by atoms with Crippen LogP contribution >= 0.6 is 0 Å². The Morgan fingerprint density at radius 2 is 1.69 bits per heavy atom. The lowest BCUT2D eigenvalue weighted by atomic mass is 10.00. The maximum absolute atomic E-state index is 4.39. The molecule has 0 saturated heterocycles. The Bertz CT molecular complexity index is 300. The Morgan fingerprint density at radius 1 is 1.08 bits per heavy atom. The van der Waals surface area contributed by atoms with Crippen molar-refractivity contribution in [3.05, 3.63) is 35.4 Å². The van der Waals surface area contributed by atoms with E-state index in [-0.39, 0.29) is 0 Å². The lowest BCUT2D eigenvalue weighted by Crippen LogP contribution is -2.07. The summed E-state index contributed by atoms with van der Waals surface area (Å²) >= 11 is 0. The summed E-state index contributed by atoms with van der Waals surface area (Å²) in [5, 5.41) is 0. The maximum Gasteiger partial charge on any atom is 0.0641 e. The maximum atomic E-state index is 4.39. The fourth-order valence-corrected chi connectivity index (χ4v) is 1.44. The SMILES string of the molecule is CC.CC1=NCc2ccccc2C1. The van der Waals surface area contributed by atoms with Gasteiger partial charge in [-0.15, -0.1) is 0 Å². The molecule has 0 amide bonds. The van der Waals surface area contributed by atoms with Gasteiger partial charge in [0.1, 0.15) is 0 Å². The van der Waals surface area contributed by atoms with E-state index in [0.717, 1.165) is 13.0 Å². The molecule has 0 unspecified atom stereocenters. The van der Waals surface area contributed by atoms with Crippen molar-refractivity contribution in [2.75, 3.05) is 0 Å². The van der Waals surface area contributed by atoms with Crippen LogP contribution in [0.3, 0.4) is 0 Å². The molecule has 2 rings (SSSR count). The topological polar surface area (TPSA) is 12.4 Å². The molecule has 0 saturated carbocycles. The standard InChI is InChI=1S/C10H11N.C2H6/c1-8-6-9-4-2-3-5-10(9)7-11-8;1-2/h2-5H,6-7H2,1H3;1-2H3. The van der Waals surface area contributed by atoms with E-state index in [1.165, 1.54) is 16.8 Å². The highest BCUT2D eigenvalue weighted by Gasteiger charge is 2.06. The predicted molar refractivity (Wildman–Crippen MR) is 58.3 cm³/mol. The van der Waals surface area contributed by atoms with Gasteiger partial charge in [-0.3, -0.25) is 4.99 Å². The fourth-order valence-electron chi connectivity index (χ4n) is 1.44. The van der Waals surface area contributed by atoms with Gasteiger partial charge in [0, 0.05) is 12.1 Å². The van der Waals surface area contributed by atoms with Gasteiger partial charge in [-0.2, -0.15) is 0 Å². The van der Waals surface area contributed by atoms with Crippen molar-refractivity contribution < 1.29 is 0 Å². The first-order valence-corrected chi connectivity index (χ1v) is 4.93. The van der Waals surface area contributed by atoms with Crippen molar-refractivity contribution in [2.24, 2.45) is 4.99 Å². The van der Waals surface area contributed by atoms with E-state index in [1.54, 1.807) is 0 Å². The van der Waals surface area contributed by atoms with Crippen LogP contribution in [0.4, 0.5) is 0 Å². The van der Waals surface area contributed by atoms with Crippen LogP contribution < -0.4 is 0 Å². The molecule has 0 aliphatic carbocycles. The average Bonchev–Trinajstić information content (AvgIpc) is 2.21. The molecule has 0 radical (unpaired) electrons. The van der Waals surface area contributed by atoms with E-state index in [4.69, 9.17) is 0 Å². The first kappa shape index (κ1) is 9.97. The Hall–Kier alpha value is -1.11. The third-order valence-corrected chi connectivity index (χ3v) is 2.08. The lowest BCUT2D eigenvalue weighted by molar-refractivity contribution is 0.983. The second kappa shape index (κ2) is 4.80. The Balaban J connectivity index is 0.000000396. The first-order valence-electron chi connectivity index (χ1n) is 4.93. The Morgan fingerprint density at radius 3 is 2.38 bits per heavy atom. The van der Waals surface area contributed by atoms with E-state index in [0.29, 0.717) is 0 Å². The highest BCUT2D eigenvalue weighted by molar-refractivity contribution is 5.85. The lowest BCUT2D eigenvalue weighted by Gasteiger charge is -2.12. The van der Waals surface area contributed by atoms with Crippen molar-refractivity contribution in [3.8, 4) is 0 Å². The van der Waals surface area contributed by atoms with Crippen molar-refractivity contribution in [2.45, 2.75) is 33.7 Å². The highest BCUT2D eigenvalue weighted by Crippen LogP contribution is 2.15. The molecule has 1 aromatic rings. The number of rotatable bonds is 0. The fraction of sp³-hybridized carbons (Fsp3) is 0.417. The zero-order valence-electron chi connectivity index (χ0n) is 8.67. The molecule has 70 valence electrons. The zero-order chi connectivity index (χ0) is 9.68. The minimum absolute atomic E-state index is 0.877. The first-order chi connectivity index (χ1) is 6.36. The molecule has 1 heteroatoms. The quantitative estimate of drug-likeness (QED) is 0.574. The Kier molecular flexibility index (Phi) is 3.69. The van der Waals surface area contributed by atoms with Gasteiger partial charge in [0.2, 0.25) is 0 Å². The minimum Gasteiger partial charge on any atom is -0.289 e. The molecule has 0 bridgehead atoms. The Labute approximate surface area is 80.5 Å². The molecule has 0 fully saturated rings. The summed E-state index contributed by atoms with van der Waals surface area (Å²) in [7, 11) is 0. The summed E-state index contributed by atoms with van der Waals surface area (Å²) in [5.41, 5.74) is 4.09. The van der Waals surface area contributed by atoms with E-state index >= 15 is 0 Å². The number of hydrogen-bond donors (Lipinski definition) is 0. The molecule has 13 heavy (non-hydrogen) atoms. The smallest absolute Gasteiger partial charge is 0.0641 e. The summed E-state index contributed by atoms with van der Waals surface area (Å²) in [5.74, 6) is 0. The van der Waals surface area contributed by atoms with Gasteiger partial charge < -0.3 is 0 Å². The largest absolute Gasteiger partial charge is 0.289 e. The van der Waals surface area contributed by atoms with Crippen LogP contribution in [-0.4, -0.2) is 5.71 Å². The molecule has 0 N–H and O–H groups in total. The molecule has 1 aliphatic rings. The normalized spacial score (nSPS) is 13.6. The van der Waals surface area contributed by atoms with Gasteiger partial charge in [0.25, 0.3) is 0 Å². The van der Waals surface area contributed by atoms with Gasteiger partial charge in [-0.1, -0.05) is 38.1 Å². The second-order valence-corrected chi connectivity index (χ2v) is 3.00. The van der Waals surface area contributed by atoms with Gasteiger partial charge in [-0.25, -0.2) is 0 Å². The average molecular weight is 175 g/mol. The number of nitrogens with zero attached hydrogens (tertiary/aromatic N) is 1. The van der Waals surface area contributed by atoms with Crippen molar-refractivity contribution in [1.82, 2.24) is 0 Å². The molecule has 1 heterocycles. The van der Waals surface area contributed by atoms with E-state index in [9.17, 15) is 0 Å². The third kappa shape index (κ3) is 2.41. The van der Waals surface area contributed by atoms with E-state index in [1.807, 2.05) is 13.8 Å². The van der Waals surface area contributed by atoms with Crippen LogP contribution in [0.25, 0.3) is 0 Å². The van der Waals surface area contributed by atoms with Gasteiger partial charge >= 0.3 is 0 Å². The van der Waals surface area contributed by atoms with Gasteiger partial charge in [-0.05, 0) is 18.1 Å². The molecule has 0 atom stereocenters. The third-order valence-electron chi connectivity index (χ3n) is 2.08. The number of hydrogen-bond acceptors (Lipinski definition) is 1. The monoisotopic (exact) mass is 175 g/mol. The second-order valence-electron chi connectivity index (χ2n) is 3.00. The molecular formula is C12H17N. The van der Waals surface area contributed by atoms with Crippen molar-refractivity contribution in [3.63, 3.8) is 0 Å². The summed E-state index contributed by atoms with van der Waals surface area (Å²) in [6, 6.07) is 8.52. The number of aliphatic imine (C=N–C) groups is 1. The molecule has 1 aliphatic heterocycles. The molecule has 1 aromatic carbocycles. The molecule has 0 spiro atoms. The van der Waals surface area contributed by atoms with Crippen molar-refractivity contribution in [1.29, 1.82) is 0 Å². The number of fused-ring (bicyclic) bond motifs is 1. The summed E-state index contributed by atoms with van der Waals surface area (Å²) in [6.07, 6.45) is 1.04. The minimum atomic E-state index is 0.877. The van der Waals surface area contributed by atoms with Crippen LogP contribution in [-0.2, 0) is 13.0 Å². The molecular weight excluding hydrogens is 158 g/mol. The number of benzene rings is 1. The predicted octanol–water partition coefficient (Wildman–Crippen LogP) is 3.23. The summed E-state index contributed by atoms with van der Waals surface area (Å²) in [4.78, 5) is 4.39. The van der Waals surface area contributed by atoms with Gasteiger partial charge in [0.15, 0.2) is 0 Å². The van der Waals surface area contributed by atoms with E-state index in [2.05, 4.69) is 36.2 Å². The van der Waals surface area contributed by atoms with E-state index < -0.39 is 0 Å². The van der Waals surface area contributed by atoms with Crippen molar-refractivity contribution >= 4 is 5.71 Å². The van der Waals surface area contributed by atoms with Crippen LogP contribution in [0, 0.1) is 0 Å². The highest BCUT2D eigenvalue weighted by atomic mass is 14.7. The van der Waals surface area contributed by atoms with Crippen LogP contribution in [0.15, 0.2) is 29.3 Å². The zero-order valence-corrected chi connectivity index (χ0v) is 8.67. The summed E-state index contributed by atoms with van der Waals surface area (Å²) in [6.45, 7) is 6.97.